The first kappa shape index (κ1) is 10.8. The fourth-order valence-electron chi connectivity index (χ4n) is 1.63. The number of aryl methyl sites for hydroxylation is 1. The van der Waals surface area contributed by atoms with Gasteiger partial charge in [0.15, 0.2) is 0 Å². The summed E-state index contributed by atoms with van der Waals surface area (Å²) in [5.74, 6) is -0.779. The number of aliphatic carboxylic acids is 1. The van der Waals surface area contributed by atoms with Gasteiger partial charge in [0.2, 0.25) is 0 Å². The molecule has 1 heterocycles. The molecule has 0 spiro atoms. The van der Waals surface area contributed by atoms with Gasteiger partial charge in [0.05, 0.1) is 6.42 Å². The Labute approximate surface area is 83.5 Å². The average Bonchev–Trinajstić information content (AvgIpc) is 2.48. The molecule has 0 unspecified atom stereocenters. The van der Waals surface area contributed by atoms with Gasteiger partial charge in [0, 0.05) is 23.9 Å². The summed E-state index contributed by atoms with van der Waals surface area (Å²) in [5, 5.41) is 12.9. The van der Waals surface area contributed by atoms with Crippen molar-refractivity contribution in [2.45, 2.75) is 39.2 Å². The van der Waals surface area contributed by atoms with E-state index < -0.39 is 5.97 Å². The third kappa shape index (κ3) is 2.13. The zero-order valence-electron chi connectivity index (χ0n) is 8.82. The van der Waals surface area contributed by atoms with Crippen molar-refractivity contribution in [3.8, 4) is 0 Å². The molecule has 0 saturated carbocycles. The van der Waals surface area contributed by atoms with Gasteiger partial charge in [-0.1, -0.05) is 13.8 Å². The van der Waals surface area contributed by atoms with E-state index in [0.717, 1.165) is 12.2 Å². The Balaban J connectivity index is 2.96. The zero-order valence-corrected chi connectivity index (χ0v) is 8.82. The summed E-state index contributed by atoms with van der Waals surface area (Å²) in [6.45, 7) is 6.60. The number of carboxylic acid groups (broad SMARTS) is 1. The van der Waals surface area contributed by atoms with Crippen molar-refractivity contribution in [2.24, 2.45) is 0 Å². The summed E-state index contributed by atoms with van der Waals surface area (Å²) in [7, 11) is 0. The lowest BCUT2D eigenvalue weighted by Crippen LogP contribution is -2.25. The third-order valence-electron chi connectivity index (χ3n) is 2.30. The van der Waals surface area contributed by atoms with E-state index in [1.807, 2.05) is 31.5 Å². The van der Waals surface area contributed by atoms with Gasteiger partial charge in [-0.05, 0) is 13.0 Å². The highest BCUT2D eigenvalue weighted by atomic mass is 16.4. The normalized spacial score (nSPS) is 11.6. The Morgan fingerprint density at radius 3 is 2.79 bits per heavy atom. The smallest absolute Gasteiger partial charge is 0.304 e. The maximum Gasteiger partial charge on any atom is 0.304 e. The SMILES string of the molecule is CCn1nccc1C(C)(C)CC(=O)O. The molecule has 0 aromatic carbocycles. The van der Waals surface area contributed by atoms with E-state index in [1.54, 1.807) is 6.20 Å². The van der Waals surface area contributed by atoms with Gasteiger partial charge in [-0.3, -0.25) is 9.48 Å². The van der Waals surface area contributed by atoms with E-state index in [4.69, 9.17) is 5.11 Å². The zero-order chi connectivity index (χ0) is 10.8. The van der Waals surface area contributed by atoms with Crippen molar-refractivity contribution in [1.82, 2.24) is 9.78 Å². The van der Waals surface area contributed by atoms with E-state index in [1.165, 1.54) is 0 Å². The van der Waals surface area contributed by atoms with Crippen LogP contribution in [0.4, 0.5) is 0 Å². The Bertz CT molecular complexity index is 329. The topological polar surface area (TPSA) is 55.1 Å². The summed E-state index contributed by atoms with van der Waals surface area (Å²) in [4.78, 5) is 10.7. The van der Waals surface area contributed by atoms with E-state index in [2.05, 4.69) is 5.10 Å². The molecule has 1 aromatic heterocycles. The van der Waals surface area contributed by atoms with Crippen LogP contribution in [-0.4, -0.2) is 20.9 Å². The van der Waals surface area contributed by atoms with Crippen LogP contribution in [-0.2, 0) is 16.8 Å². The number of aromatic nitrogens is 2. The minimum Gasteiger partial charge on any atom is -0.481 e. The van der Waals surface area contributed by atoms with Crippen molar-refractivity contribution >= 4 is 5.97 Å². The molecule has 0 amide bonds. The van der Waals surface area contributed by atoms with Crippen LogP contribution in [0.3, 0.4) is 0 Å². The van der Waals surface area contributed by atoms with Crippen LogP contribution >= 0.6 is 0 Å². The molecule has 4 nitrogen and oxygen atoms in total. The maximum atomic E-state index is 10.7. The first-order chi connectivity index (χ1) is 6.47. The summed E-state index contributed by atoms with van der Waals surface area (Å²) in [6, 6.07) is 1.88. The van der Waals surface area contributed by atoms with Crippen molar-refractivity contribution in [3.63, 3.8) is 0 Å². The van der Waals surface area contributed by atoms with Crippen LogP contribution in [0.25, 0.3) is 0 Å². The summed E-state index contributed by atoms with van der Waals surface area (Å²) in [6.07, 6.45) is 1.83. The Hall–Kier alpha value is -1.32. The molecule has 0 aliphatic carbocycles. The van der Waals surface area contributed by atoms with Crippen LogP contribution in [0.15, 0.2) is 12.3 Å². The molecule has 1 N–H and O–H groups in total. The lowest BCUT2D eigenvalue weighted by Gasteiger charge is -2.23. The molecule has 0 fully saturated rings. The van der Waals surface area contributed by atoms with E-state index in [0.29, 0.717) is 0 Å². The minimum absolute atomic E-state index is 0.124. The van der Waals surface area contributed by atoms with Crippen molar-refractivity contribution in [1.29, 1.82) is 0 Å². The number of carboxylic acids is 1. The Morgan fingerprint density at radius 1 is 1.64 bits per heavy atom. The number of rotatable bonds is 4. The molecule has 0 bridgehead atoms. The van der Waals surface area contributed by atoms with E-state index in [9.17, 15) is 4.79 Å². The summed E-state index contributed by atoms with van der Waals surface area (Å²) >= 11 is 0. The highest BCUT2D eigenvalue weighted by molar-refractivity contribution is 5.68. The van der Waals surface area contributed by atoms with Gasteiger partial charge < -0.3 is 5.11 Å². The second-order valence-corrected chi connectivity index (χ2v) is 3.99. The number of carbonyl (C=O) groups is 1. The number of nitrogens with zero attached hydrogens (tertiary/aromatic N) is 2. The Kier molecular flexibility index (Phi) is 2.93. The molecular weight excluding hydrogens is 180 g/mol. The summed E-state index contributed by atoms with van der Waals surface area (Å²) < 4.78 is 1.84. The maximum absolute atomic E-state index is 10.7. The molecule has 1 rings (SSSR count). The predicted octanol–water partition coefficient (Wildman–Crippen LogP) is 1.66. The van der Waals surface area contributed by atoms with Gasteiger partial charge in [-0.15, -0.1) is 0 Å². The van der Waals surface area contributed by atoms with Gasteiger partial charge in [0.25, 0.3) is 0 Å². The fourth-order valence-corrected chi connectivity index (χ4v) is 1.63. The molecule has 0 aliphatic rings. The largest absolute Gasteiger partial charge is 0.481 e. The molecule has 0 aliphatic heterocycles. The monoisotopic (exact) mass is 196 g/mol. The highest BCUT2D eigenvalue weighted by Crippen LogP contribution is 2.26. The molecular formula is C10H16N2O2. The van der Waals surface area contributed by atoms with Gasteiger partial charge in [-0.25, -0.2) is 0 Å². The second-order valence-electron chi connectivity index (χ2n) is 3.99. The Morgan fingerprint density at radius 2 is 2.29 bits per heavy atom. The molecule has 0 atom stereocenters. The minimum atomic E-state index is -0.779. The fraction of sp³-hybridized carbons (Fsp3) is 0.600. The molecule has 4 heteroatoms. The lowest BCUT2D eigenvalue weighted by molar-refractivity contribution is -0.138. The molecule has 14 heavy (non-hydrogen) atoms. The van der Waals surface area contributed by atoms with E-state index >= 15 is 0 Å². The quantitative estimate of drug-likeness (QED) is 0.796. The van der Waals surface area contributed by atoms with Gasteiger partial charge in [0.1, 0.15) is 0 Å². The lowest BCUT2D eigenvalue weighted by atomic mass is 9.85. The highest BCUT2D eigenvalue weighted by Gasteiger charge is 2.27. The number of hydrogen-bond acceptors (Lipinski definition) is 2. The standard InChI is InChI=1S/C10H16N2O2/c1-4-12-8(5-6-11-12)10(2,3)7-9(13)14/h5-6H,4,7H2,1-3H3,(H,13,14). The van der Waals surface area contributed by atoms with Crippen molar-refractivity contribution in [3.05, 3.63) is 18.0 Å². The predicted molar refractivity (Wildman–Crippen MR) is 53.2 cm³/mol. The van der Waals surface area contributed by atoms with Crippen LogP contribution in [0.1, 0.15) is 32.9 Å². The first-order valence-corrected chi connectivity index (χ1v) is 4.71. The van der Waals surface area contributed by atoms with Gasteiger partial charge in [-0.2, -0.15) is 5.10 Å². The summed E-state index contributed by atoms with van der Waals surface area (Å²) in [5.41, 5.74) is 0.612. The number of hydrogen-bond donors (Lipinski definition) is 1. The third-order valence-corrected chi connectivity index (χ3v) is 2.30. The van der Waals surface area contributed by atoms with Crippen molar-refractivity contribution in [2.75, 3.05) is 0 Å². The second kappa shape index (κ2) is 3.82. The van der Waals surface area contributed by atoms with Crippen LogP contribution in [0.5, 0.6) is 0 Å². The molecule has 0 radical (unpaired) electrons. The van der Waals surface area contributed by atoms with Gasteiger partial charge >= 0.3 is 5.97 Å². The van der Waals surface area contributed by atoms with E-state index in [-0.39, 0.29) is 11.8 Å². The van der Waals surface area contributed by atoms with Crippen molar-refractivity contribution < 1.29 is 9.90 Å². The average molecular weight is 196 g/mol. The van der Waals surface area contributed by atoms with Crippen LogP contribution in [0, 0.1) is 0 Å². The van der Waals surface area contributed by atoms with Crippen LogP contribution in [0.2, 0.25) is 0 Å². The molecule has 78 valence electrons. The molecule has 1 aromatic rings. The molecule has 0 saturated heterocycles. The first-order valence-electron chi connectivity index (χ1n) is 4.71. The van der Waals surface area contributed by atoms with Crippen LogP contribution < -0.4 is 0 Å².